The monoisotopic (exact) mass is 181 g/mol. The molecule has 70 valence electrons. The van der Waals surface area contributed by atoms with Gasteiger partial charge in [0.1, 0.15) is 11.7 Å². The molecule has 1 rings (SSSR count). The summed E-state index contributed by atoms with van der Waals surface area (Å²) in [6.45, 7) is 3.55. The van der Waals surface area contributed by atoms with E-state index in [2.05, 4.69) is 4.98 Å². The number of anilines is 1. The van der Waals surface area contributed by atoms with Gasteiger partial charge >= 0.3 is 0 Å². The van der Waals surface area contributed by atoms with E-state index in [0.29, 0.717) is 5.89 Å². The lowest BCUT2D eigenvalue weighted by Crippen LogP contribution is -2.19. The van der Waals surface area contributed by atoms with E-state index in [9.17, 15) is 0 Å². The zero-order valence-electron chi connectivity index (χ0n) is 7.79. The summed E-state index contributed by atoms with van der Waals surface area (Å²) in [6, 6.07) is 1.83. The first-order valence-corrected chi connectivity index (χ1v) is 3.73. The van der Waals surface area contributed by atoms with Crippen LogP contribution >= 0.6 is 0 Å². The summed E-state index contributed by atoms with van der Waals surface area (Å²) in [4.78, 5) is 3.89. The van der Waals surface area contributed by atoms with Crippen molar-refractivity contribution in [2.45, 2.75) is 19.4 Å². The highest BCUT2D eigenvalue weighted by molar-refractivity contribution is 5.41. The lowest BCUT2D eigenvalue weighted by molar-refractivity contribution is -0.00306. The predicted octanol–water partition coefficient (Wildman–Crippen LogP) is 1.01. The predicted molar refractivity (Wildman–Crippen MR) is 45.7 cm³/mol. The zero-order chi connectivity index (χ0) is 10.1. The zero-order valence-corrected chi connectivity index (χ0v) is 7.79. The van der Waals surface area contributed by atoms with Crippen LogP contribution in [0.5, 0.6) is 0 Å². The molecular weight excluding hydrogens is 170 g/mol. The molecule has 2 N–H and O–H groups in total. The molecule has 0 bridgehead atoms. The maximum atomic E-state index is 8.58. The Morgan fingerprint density at radius 3 is 2.62 bits per heavy atom. The van der Waals surface area contributed by atoms with Crippen molar-refractivity contribution in [2.24, 2.45) is 0 Å². The van der Waals surface area contributed by atoms with Gasteiger partial charge in [-0.2, -0.15) is 10.2 Å². The van der Waals surface area contributed by atoms with E-state index in [0.717, 1.165) is 0 Å². The Kier molecular flexibility index (Phi) is 2.26. The van der Waals surface area contributed by atoms with Crippen molar-refractivity contribution < 1.29 is 9.15 Å². The largest absolute Gasteiger partial charge is 0.421 e. The van der Waals surface area contributed by atoms with Crippen LogP contribution in [0.25, 0.3) is 0 Å². The van der Waals surface area contributed by atoms with E-state index < -0.39 is 5.60 Å². The molecule has 1 heterocycles. The average molecular weight is 181 g/mol. The van der Waals surface area contributed by atoms with Crippen molar-refractivity contribution in [1.82, 2.24) is 4.98 Å². The second-order valence-corrected chi connectivity index (χ2v) is 3.06. The van der Waals surface area contributed by atoms with Crippen LogP contribution in [0.3, 0.4) is 0 Å². The third kappa shape index (κ3) is 1.63. The fourth-order valence-corrected chi connectivity index (χ4v) is 0.757. The second kappa shape index (κ2) is 3.07. The molecule has 0 aliphatic heterocycles. The molecule has 5 heteroatoms. The van der Waals surface area contributed by atoms with Gasteiger partial charge in [0, 0.05) is 7.11 Å². The highest BCUT2D eigenvalue weighted by Crippen LogP contribution is 2.25. The Bertz CT molecular complexity index is 349. The molecule has 0 amide bonds. The number of rotatable bonds is 2. The fraction of sp³-hybridized carbons (Fsp3) is 0.500. The van der Waals surface area contributed by atoms with Crippen LogP contribution in [0.4, 0.5) is 5.88 Å². The highest BCUT2D eigenvalue weighted by atomic mass is 16.5. The van der Waals surface area contributed by atoms with Gasteiger partial charge in [0.2, 0.25) is 17.5 Å². The molecule has 1 aromatic rings. The summed E-state index contributed by atoms with van der Waals surface area (Å²) in [5, 5.41) is 8.58. The van der Waals surface area contributed by atoms with Crippen LogP contribution in [0, 0.1) is 11.3 Å². The van der Waals surface area contributed by atoms with E-state index in [1.165, 1.54) is 7.11 Å². The van der Waals surface area contributed by atoms with Crippen molar-refractivity contribution in [3.8, 4) is 6.07 Å². The van der Waals surface area contributed by atoms with Crippen LogP contribution in [0.2, 0.25) is 0 Å². The van der Waals surface area contributed by atoms with E-state index in [-0.39, 0.29) is 11.6 Å². The number of aromatic nitrogens is 1. The van der Waals surface area contributed by atoms with Crippen molar-refractivity contribution in [1.29, 1.82) is 5.26 Å². The molecule has 0 unspecified atom stereocenters. The molecule has 0 spiro atoms. The number of nitriles is 1. The molecular formula is C8H11N3O2. The normalized spacial score (nSPS) is 11.2. The minimum Gasteiger partial charge on any atom is -0.421 e. The van der Waals surface area contributed by atoms with Crippen molar-refractivity contribution in [2.75, 3.05) is 12.8 Å². The SMILES string of the molecule is COC(C)(C)c1nc(C#N)c(N)o1. The highest BCUT2D eigenvalue weighted by Gasteiger charge is 2.27. The summed E-state index contributed by atoms with van der Waals surface area (Å²) in [5.41, 5.74) is 4.83. The molecule has 0 radical (unpaired) electrons. The Morgan fingerprint density at radius 1 is 1.62 bits per heavy atom. The number of hydrogen-bond donors (Lipinski definition) is 1. The third-order valence-electron chi connectivity index (χ3n) is 1.78. The lowest BCUT2D eigenvalue weighted by Gasteiger charge is -2.17. The number of nitrogen functional groups attached to an aromatic ring is 1. The number of hydrogen-bond acceptors (Lipinski definition) is 5. The van der Waals surface area contributed by atoms with Crippen LogP contribution < -0.4 is 5.73 Å². The summed E-state index contributed by atoms with van der Waals surface area (Å²) >= 11 is 0. The van der Waals surface area contributed by atoms with Gasteiger partial charge in [-0.05, 0) is 13.8 Å². The second-order valence-electron chi connectivity index (χ2n) is 3.06. The Hall–Kier alpha value is -1.54. The topological polar surface area (TPSA) is 85.1 Å². The first-order chi connectivity index (χ1) is 6.01. The van der Waals surface area contributed by atoms with Gasteiger partial charge in [-0.1, -0.05) is 0 Å². The molecule has 0 saturated heterocycles. The van der Waals surface area contributed by atoms with Gasteiger partial charge in [-0.3, -0.25) is 0 Å². The summed E-state index contributed by atoms with van der Waals surface area (Å²) in [5.74, 6) is 0.340. The number of nitrogens with two attached hydrogens (primary N) is 1. The van der Waals surface area contributed by atoms with E-state index in [4.69, 9.17) is 20.1 Å². The molecule has 1 aromatic heterocycles. The molecule has 5 nitrogen and oxygen atoms in total. The number of oxazole rings is 1. The maximum absolute atomic E-state index is 8.58. The summed E-state index contributed by atoms with van der Waals surface area (Å²) in [7, 11) is 1.53. The lowest BCUT2D eigenvalue weighted by atomic mass is 10.1. The smallest absolute Gasteiger partial charge is 0.229 e. The Balaban J connectivity index is 3.12. The first kappa shape index (κ1) is 9.55. The van der Waals surface area contributed by atoms with E-state index in [1.54, 1.807) is 13.8 Å². The van der Waals surface area contributed by atoms with Gasteiger partial charge in [0.15, 0.2) is 0 Å². The first-order valence-electron chi connectivity index (χ1n) is 3.73. The third-order valence-corrected chi connectivity index (χ3v) is 1.78. The molecule has 13 heavy (non-hydrogen) atoms. The summed E-state index contributed by atoms with van der Waals surface area (Å²) < 4.78 is 10.2. The van der Waals surface area contributed by atoms with Gasteiger partial charge in [0.05, 0.1) is 0 Å². The van der Waals surface area contributed by atoms with Crippen LogP contribution in [0.15, 0.2) is 4.42 Å². The Morgan fingerprint density at radius 2 is 2.23 bits per heavy atom. The number of nitrogens with zero attached hydrogens (tertiary/aromatic N) is 2. The molecule has 0 aliphatic rings. The molecule has 0 atom stereocenters. The maximum Gasteiger partial charge on any atom is 0.229 e. The minimum atomic E-state index is -0.663. The van der Waals surface area contributed by atoms with Gasteiger partial charge < -0.3 is 14.9 Å². The molecule has 0 aliphatic carbocycles. The molecule has 0 aromatic carbocycles. The van der Waals surface area contributed by atoms with Gasteiger partial charge in [-0.25, -0.2) is 0 Å². The van der Waals surface area contributed by atoms with Crippen molar-refractivity contribution in [3.63, 3.8) is 0 Å². The standard InChI is InChI=1S/C8H11N3O2/c1-8(2,12-3)7-11-5(4-9)6(10)13-7/h10H2,1-3H3. The van der Waals surface area contributed by atoms with Crippen LogP contribution in [-0.2, 0) is 10.3 Å². The number of ether oxygens (including phenoxy) is 1. The van der Waals surface area contributed by atoms with E-state index in [1.807, 2.05) is 6.07 Å². The quantitative estimate of drug-likeness (QED) is 0.735. The fourth-order valence-electron chi connectivity index (χ4n) is 0.757. The number of methoxy groups -OCH3 is 1. The van der Waals surface area contributed by atoms with Gasteiger partial charge in [-0.15, -0.1) is 0 Å². The van der Waals surface area contributed by atoms with Crippen LogP contribution in [0.1, 0.15) is 25.4 Å². The minimum absolute atomic E-state index is 0.0302. The molecule has 0 fully saturated rings. The van der Waals surface area contributed by atoms with E-state index >= 15 is 0 Å². The van der Waals surface area contributed by atoms with Gasteiger partial charge in [0.25, 0.3) is 0 Å². The van der Waals surface area contributed by atoms with Crippen molar-refractivity contribution in [3.05, 3.63) is 11.6 Å². The average Bonchev–Trinajstić information content (AvgIpc) is 2.47. The Labute approximate surface area is 76.1 Å². The van der Waals surface area contributed by atoms with Crippen LogP contribution in [-0.4, -0.2) is 12.1 Å². The van der Waals surface area contributed by atoms with Crippen molar-refractivity contribution >= 4 is 5.88 Å². The summed E-state index contributed by atoms with van der Waals surface area (Å²) in [6.07, 6.45) is 0. The molecule has 0 saturated carbocycles.